The van der Waals surface area contributed by atoms with Gasteiger partial charge in [-0.05, 0) is 29.3 Å². The van der Waals surface area contributed by atoms with Crippen LogP contribution >= 0.6 is 0 Å². The van der Waals surface area contributed by atoms with E-state index in [1.165, 1.54) is 0 Å². The van der Waals surface area contributed by atoms with Gasteiger partial charge in [0, 0.05) is 11.6 Å². The maximum absolute atomic E-state index is 12.2. The van der Waals surface area contributed by atoms with E-state index >= 15 is 0 Å². The Balaban J connectivity index is 1.71. The number of anilines is 1. The van der Waals surface area contributed by atoms with Crippen LogP contribution in [0, 0.1) is 0 Å². The molecule has 0 aliphatic heterocycles. The molecular formula is C20H21N3O2. The molecule has 0 saturated carbocycles. The van der Waals surface area contributed by atoms with Gasteiger partial charge in [-0.3, -0.25) is 5.32 Å². The summed E-state index contributed by atoms with van der Waals surface area (Å²) in [5.41, 5.74) is 13.7. The van der Waals surface area contributed by atoms with E-state index in [9.17, 15) is 4.79 Å². The summed E-state index contributed by atoms with van der Waals surface area (Å²) in [6.45, 7) is 0.186. The Labute approximate surface area is 147 Å². The van der Waals surface area contributed by atoms with Gasteiger partial charge < -0.3 is 16.2 Å². The number of allylic oxidation sites excluding steroid dienone is 2. The lowest BCUT2D eigenvalue weighted by atomic mass is 9.83. The van der Waals surface area contributed by atoms with Crippen molar-refractivity contribution in [1.82, 2.24) is 5.32 Å². The van der Waals surface area contributed by atoms with Crippen molar-refractivity contribution in [3.8, 4) is 0 Å². The van der Waals surface area contributed by atoms with Crippen molar-refractivity contribution >= 4 is 11.8 Å². The van der Waals surface area contributed by atoms with Crippen molar-refractivity contribution < 1.29 is 9.53 Å². The lowest BCUT2D eigenvalue weighted by Gasteiger charge is -2.35. The van der Waals surface area contributed by atoms with Crippen LogP contribution in [0.25, 0.3) is 0 Å². The van der Waals surface area contributed by atoms with E-state index in [4.69, 9.17) is 16.2 Å². The van der Waals surface area contributed by atoms with Crippen LogP contribution in [0.5, 0.6) is 0 Å². The summed E-state index contributed by atoms with van der Waals surface area (Å²) in [5, 5.41) is 2.77. The van der Waals surface area contributed by atoms with Gasteiger partial charge in [0.15, 0.2) is 0 Å². The molecule has 1 aliphatic rings. The largest absolute Gasteiger partial charge is 0.445 e. The Morgan fingerprint density at radius 1 is 1.12 bits per heavy atom. The Morgan fingerprint density at radius 3 is 2.68 bits per heavy atom. The average Bonchev–Trinajstić information content (AvgIpc) is 2.61. The van der Waals surface area contributed by atoms with Gasteiger partial charge >= 0.3 is 6.09 Å². The molecule has 0 radical (unpaired) electrons. The zero-order valence-electron chi connectivity index (χ0n) is 13.8. The molecule has 128 valence electrons. The molecule has 0 saturated heterocycles. The van der Waals surface area contributed by atoms with Gasteiger partial charge in [0.05, 0.1) is 0 Å². The van der Waals surface area contributed by atoms with Gasteiger partial charge in [-0.2, -0.15) is 0 Å². The van der Waals surface area contributed by atoms with Crippen molar-refractivity contribution in [2.75, 3.05) is 5.73 Å². The molecule has 5 nitrogen and oxygen atoms in total. The molecule has 5 heteroatoms. The monoisotopic (exact) mass is 335 g/mol. The average molecular weight is 335 g/mol. The molecule has 2 aromatic rings. The third kappa shape index (κ3) is 4.08. The van der Waals surface area contributed by atoms with E-state index in [0.717, 1.165) is 11.1 Å². The van der Waals surface area contributed by atoms with E-state index in [-0.39, 0.29) is 12.5 Å². The van der Waals surface area contributed by atoms with Crippen LogP contribution in [0.1, 0.15) is 17.0 Å². The lowest BCUT2D eigenvalue weighted by Crippen LogP contribution is -2.58. The predicted molar refractivity (Wildman–Crippen MR) is 98.6 cm³/mol. The third-order valence-corrected chi connectivity index (χ3v) is 4.10. The Hall–Kier alpha value is -3.05. The summed E-state index contributed by atoms with van der Waals surface area (Å²) >= 11 is 0. The highest BCUT2D eigenvalue weighted by Gasteiger charge is 2.35. The number of ether oxygens (including phenoxy) is 1. The van der Waals surface area contributed by atoms with Crippen molar-refractivity contribution in [2.45, 2.75) is 18.2 Å². The minimum atomic E-state index is -1.09. The Kier molecular flexibility index (Phi) is 4.86. The molecule has 1 aliphatic carbocycles. The zero-order chi connectivity index (χ0) is 17.7. The summed E-state index contributed by atoms with van der Waals surface area (Å²) in [4.78, 5) is 12.2. The van der Waals surface area contributed by atoms with Gasteiger partial charge in [0.1, 0.15) is 12.3 Å². The lowest BCUT2D eigenvalue weighted by molar-refractivity contribution is 0.129. The SMILES string of the molecule is Nc1cccc(C2C=CC=CC2(N)NC(=O)OCc2ccccc2)c1. The molecular weight excluding hydrogens is 314 g/mol. The predicted octanol–water partition coefficient (Wildman–Crippen LogP) is 3.06. The normalized spacial score (nSPS) is 21.7. The van der Waals surface area contributed by atoms with Crippen molar-refractivity contribution in [2.24, 2.45) is 5.73 Å². The first kappa shape index (κ1) is 16.8. The number of nitrogen functional groups attached to an aromatic ring is 1. The number of hydrogen-bond acceptors (Lipinski definition) is 4. The van der Waals surface area contributed by atoms with Crippen LogP contribution < -0.4 is 16.8 Å². The summed E-state index contributed by atoms with van der Waals surface area (Å²) in [5.74, 6) is -0.245. The topological polar surface area (TPSA) is 90.4 Å². The summed E-state index contributed by atoms with van der Waals surface area (Å²) in [6, 6.07) is 17.0. The van der Waals surface area contributed by atoms with E-state index in [0.29, 0.717) is 5.69 Å². The Morgan fingerprint density at radius 2 is 1.92 bits per heavy atom. The number of nitrogens with two attached hydrogens (primary N) is 2. The molecule has 0 fully saturated rings. The van der Waals surface area contributed by atoms with Crippen LogP contribution in [-0.4, -0.2) is 11.8 Å². The second-order valence-corrected chi connectivity index (χ2v) is 6.01. The van der Waals surface area contributed by atoms with Crippen LogP contribution in [0.2, 0.25) is 0 Å². The van der Waals surface area contributed by atoms with Gasteiger partial charge in [-0.1, -0.05) is 60.7 Å². The number of carbonyl (C=O) groups is 1. The first-order chi connectivity index (χ1) is 12.1. The highest BCUT2D eigenvalue weighted by Crippen LogP contribution is 2.31. The van der Waals surface area contributed by atoms with E-state index in [2.05, 4.69) is 5.32 Å². The van der Waals surface area contributed by atoms with Crippen molar-refractivity contribution in [3.05, 3.63) is 90.0 Å². The molecule has 5 N–H and O–H groups in total. The van der Waals surface area contributed by atoms with Crippen LogP contribution in [0.15, 0.2) is 78.9 Å². The van der Waals surface area contributed by atoms with Gasteiger partial charge in [-0.15, -0.1) is 0 Å². The summed E-state index contributed by atoms with van der Waals surface area (Å²) in [6.07, 6.45) is 6.83. The number of amides is 1. The van der Waals surface area contributed by atoms with Gasteiger partial charge in [0.2, 0.25) is 0 Å². The van der Waals surface area contributed by atoms with E-state index in [1.807, 2.05) is 66.7 Å². The molecule has 2 aromatic carbocycles. The van der Waals surface area contributed by atoms with E-state index in [1.54, 1.807) is 12.2 Å². The highest BCUT2D eigenvalue weighted by atomic mass is 16.5. The molecule has 0 aromatic heterocycles. The zero-order valence-corrected chi connectivity index (χ0v) is 13.8. The molecule has 0 heterocycles. The number of benzene rings is 2. The molecule has 0 bridgehead atoms. The number of nitrogens with one attached hydrogen (secondary N) is 1. The number of carbonyl (C=O) groups excluding carboxylic acids is 1. The standard InChI is InChI=1S/C20H21N3O2/c21-17-10-6-9-16(13-17)18-11-4-5-12-20(18,22)23-19(24)25-14-15-7-2-1-3-8-15/h1-13,18H,14,21-22H2,(H,23,24). The van der Waals surface area contributed by atoms with Crippen LogP contribution in [0.4, 0.5) is 10.5 Å². The molecule has 2 unspecified atom stereocenters. The fraction of sp³-hybridized carbons (Fsp3) is 0.150. The van der Waals surface area contributed by atoms with Gasteiger partial charge in [0.25, 0.3) is 0 Å². The molecule has 25 heavy (non-hydrogen) atoms. The Bertz CT molecular complexity index is 802. The second kappa shape index (κ2) is 7.23. The molecule has 2 atom stereocenters. The first-order valence-corrected chi connectivity index (χ1v) is 8.06. The quantitative estimate of drug-likeness (QED) is 0.591. The summed E-state index contributed by atoms with van der Waals surface area (Å²) < 4.78 is 5.29. The number of alkyl carbamates (subject to hydrolysis) is 1. The third-order valence-electron chi connectivity index (χ3n) is 4.10. The summed E-state index contributed by atoms with van der Waals surface area (Å²) in [7, 11) is 0. The minimum Gasteiger partial charge on any atom is -0.445 e. The smallest absolute Gasteiger partial charge is 0.409 e. The minimum absolute atomic E-state index is 0.186. The van der Waals surface area contributed by atoms with Gasteiger partial charge in [-0.25, -0.2) is 4.79 Å². The van der Waals surface area contributed by atoms with Crippen molar-refractivity contribution in [3.63, 3.8) is 0 Å². The number of hydrogen-bond donors (Lipinski definition) is 3. The molecule has 0 spiro atoms. The second-order valence-electron chi connectivity index (χ2n) is 6.01. The van der Waals surface area contributed by atoms with Crippen LogP contribution in [0.3, 0.4) is 0 Å². The molecule has 3 rings (SSSR count). The van der Waals surface area contributed by atoms with E-state index < -0.39 is 11.8 Å². The van der Waals surface area contributed by atoms with Crippen LogP contribution in [-0.2, 0) is 11.3 Å². The fourth-order valence-corrected chi connectivity index (χ4v) is 2.85. The maximum Gasteiger partial charge on any atom is 0.409 e. The number of rotatable bonds is 4. The fourth-order valence-electron chi connectivity index (χ4n) is 2.85. The maximum atomic E-state index is 12.2. The molecule has 1 amide bonds. The van der Waals surface area contributed by atoms with Crippen molar-refractivity contribution in [1.29, 1.82) is 0 Å². The first-order valence-electron chi connectivity index (χ1n) is 8.06. The highest BCUT2D eigenvalue weighted by molar-refractivity contribution is 5.69.